The minimum absolute atomic E-state index is 0.0830. The number of benzene rings is 2. The van der Waals surface area contributed by atoms with Gasteiger partial charge in [-0.25, -0.2) is 8.42 Å². The summed E-state index contributed by atoms with van der Waals surface area (Å²) in [6, 6.07) is 11.9. The monoisotopic (exact) mass is 455 g/mol. The number of anilines is 1. The van der Waals surface area contributed by atoms with Crippen LogP contribution in [0, 0.1) is 6.92 Å². The predicted octanol–water partition coefficient (Wildman–Crippen LogP) is 3.22. The summed E-state index contributed by atoms with van der Waals surface area (Å²) in [4.78, 5) is 17.4. The number of H-pyrrole nitrogens is 1. The van der Waals surface area contributed by atoms with Gasteiger partial charge in [0, 0.05) is 18.7 Å². The Morgan fingerprint density at radius 2 is 1.88 bits per heavy atom. The van der Waals surface area contributed by atoms with E-state index < -0.39 is 15.9 Å². The van der Waals surface area contributed by atoms with E-state index in [1.54, 1.807) is 32.2 Å². The fraction of sp³-hybridized carbons (Fsp3) is 0.318. The summed E-state index contributed by atoms with van der Waals surface area (Å²) in [6.45, 7) is 2.76. The van der Waals surface area contributed by atoms with Crippen molar-refractivity contribution >= 4 is 21.9 Å². The molecule has 1 fully saturated rings. The van der Waals surface area contributed by atoms with Crippen molar-refractivity contribution in [3.05, 3.63) is 53.6 Å². The number of nitrogens with zero attached hydrogens (tertiary/aromatic N) is 3. The summed E-state index contributed by atoms with van der Waals surface area (Å²) < 4.78 is 32.8. The zero-order valence-corrected chi connectivity index (χ0v) is 18.8. The number of piperidine rings is 1. The van der Waals surface area contributed by atoms with E-state index in [-0.39, 0.29) is 16.4 Å². The maximum Gasteiger partial charge on any atom is 0.258 e. The molecule has 1 aliphatic heterocycles. The van der Waals surface area contributed by atoms with E-state index in [9.17, 15) is 13.2 Å². The minimum atomic E-state index is -3.65. The number of hydrogen-bond acceptors (Lipinski definition) is 6. The standard InChI is InChI=1S/C22H25N5O4S/c1-15-10-11-16(32(29,30)27-12-6-3-7-13-27)14-18(15)21(28)24-22-23-20(25-26-22)17-8-4-5-9-19(17)31-2/h4-5,8-11,14H,3,6-7,12-13H2,1-2H3,(H2,23,24,25,26,28). The highest BCUT2D eigenvalue weighted by Crippen LogP contribution is 2.27. The molecule has 1 amide bonds. The highest BCUT2D eigenvalue weighted by molar-refractivity contribution is 7.89. The number of ether oxygens (including phenoxy) is 1. The zero-order valence-electron chi connectivity index (χ0n) is 18.0. The molecule has 9 nitrogen and oxygen atoms in total. The molecule has 32 heavy (non-hydrogen) atoms. The molecule has 0 radical (unpaired) electrons. The highest BCUT2D eigenvalue weighted by atomic mass is 32.2. The quantitative estimate of drug-likeness (QED) is 0.589. The van der Waals surface area contributed by atoms with E-state index in [1.807, 2.05) is 18.2 Å². The smallest absolute Gasteiger partial charge is 0.258 e. The summed E-state index contributed by atoms with van der Waals surface area (Å²) in [7, 11) is -2.08. The van der Waals surface area contributed by atoms with Crippen molar-refractivity contribution in [3.8, 4) is 17.1 Å². The van der Waals surface area contributed by atoms with Gasteiger partial charge in [-0.3, -0.25) is 15.2 Å². The first-order valence-corrected chi connectivity index (χ1v) is 11.8. The van der Waals surface area contributed by atoms with Gasteiger partial charge in [-0.15, -0.1) is 5.10 Å². The third kappa shape index (κ3) is 4.37. The van der Waals surface area contributed by atoms with Gasteiger partial charge < -0.3 is 4.74 Å². The average molecular weight is 456 g/mol. The van der Waals surface area contributed by atoms with Gasteiger partial charge >= 0.3 is 0 Å². The van der Waals surface area contributed by atoms with E-state index in [1.165, 1.54) is 10.4 Å². The van der Waals surface area contributed by atoms with Gasteiger partial charge in [0.15, 0.2) is 5.82 Å². The fourth-order valence-corrected chi connectivity index (χ4v) is 5.25. The Morgan fingerprint density at radius 3 is 2.62 bits per heavy atom. The molecule has 10 heteroatoms. The van der Waals surface area contributed by atoms with E-state index in [0.29, 0.717) is 35.8 Å². The van der Waals surface area contributed by atoms with Crippen LogP contribution in [0.5, 0.6) is 5.75 Å². The molecule has 1 aromatic heterocycles. The van der Waals surface area contributed by atoms with Crippen LogP contribution < -0.4 is 10.1 Å². The number of methoxy groups -OCH3 is 1. The van der Waals surface area contributed by atoms with Crippen molar-refractivity contribution in [2.45, 2.75) is 31.1 Å². The third-order valence-electron chi connectivity index (χ3n) is 5.48. The number of nitrogens with one attached hydrogen (secondary N) is 2. The van der Waals surface area contributed by atoms with Crippen molar-refractivity contribution in [2.24, 2.45) is 0 Å². The molecular weight excluding hydrogens is 430 g/mol. The normalized spacial score (nSPS) is 14.8. The Labute approximate surface area is 186 Å². The largest absolute Gasteiger partial charge is 0.496 e. The first-order valence-electron chi connectivity index (χ1n) is 10.4. The lowest BCUT2D eigenvalue weighted by Gasteiger charge is -2.26. The van der Waals surface area contributed by atoms with Gasteiger partial charge in [0.05, 0.1) is 17.6 Å². The average Bonchev–Trinajstić information content (AvgIpc) is 3.28. The molecule has 0 unspecified atom stereocenters. The van der Waals surface area contributed by atoms with Crippen molar-refractivity contribution in [1.29, 1.82) is 0 Å². The predicted molar refractivity (Wildman–Crippen MR) is 120 cm³/mol. The molecule has 1 saturated heterocycles. The summed E-state index contributed by atoms with van der Waals surface area (Å²) in [5.41, 5.74) is 1.61. The molecule has 168 valence electrons. The number of aromatic amines is 1. The van der Waals surface area contributed by atoms with Crippen molar-refractivity contribution in [3.63, 3.8) is 0 Å². The molecule has 2 heterocycles. The second-order valence-electron chi connectivity index (χ2n) is 7.60. The lowest BCUT2D eigenvalue weighted by Crippen LogP contribution is -2.35. The Bertz CT molecular complexity index is 1230. The fourth-order valence-electron chi connectivity index (χ4n) is 3.71. The maximum absolute atomic E-state index is 13.0. The van der Waals surface area contributed by atoms with Gasteiger partial charge in [-0.05, 0) is 49.6 Å². The molecule has 0 spiro atoms. The van der Waals surface area contributed by atoms with Crippen LogP contribution in [0.2, 0.25) is 0 Å². The Balaban J connectivity index is 1.57. The zero-order chi connectivity index (χ0) is 22.7. The lowest BCUT2D eigenvalue weighted by atomic mass is 10.1. The number of hydrogen-bond donors (Lipinski definition) is 2. The first-order chi connectivity index (χ1) is 15.4. The number of carbonyl (C=O) groups is 1. The number of sulfonamides is 1. The van der Waals surface area contributed by atoms with Crippen LogP contribution in [0.15, 0.2) is 47.4 Å². The van der Waals surface area contributed by atoms with Gasteiger partial charge in [-0.1, -0.05) is 24.6 Å². The molecule has 1 aliphatic rings. The van der Waals surface area contributed by atoms with Gasteiger partial charge in [-0.2, -0.15) is 9.29 Å². The van der Waals surface area contributed by atoms with Crippen LogP contribution in [-0.4, -0.2) is 54.0 Å². The number of para-hydroxylation sites is 1. The van der Waals surface area contributed by atoms with Crippen molar-refractivity contribution in [1.82, 2.24) is 19.5 Å². The second-order valence-corrected chi connectivity index (χ2v) is 9.54. The number of aromatic nitrogens is 3. The Kier molecular flexibility index (Phi) is 6.24. The maximum atomic E-state index is 13.0. The van der Waals surface area contributed by atoms with Crippen LogP contribution in [0.1, 0.15) is 35.2 Å². The van der Waals surface area contributed by atoms with Crippen LogP contribution in [0.3, 0.4) is 0 Å². The number of carbonyl (C=O) groups excluding carboxylic acids is 1. The molecule has 0 saturated carbocycles. The highest BCUT2D eigenvalue weighted by Gasteiger charge is 2.27. The lowest BCUT2D eigenvalue weighted by molar-refractivity contribution is 0.102. The molecule has 4 rings (SSSR count). The first kappa shape index (κ1) is 22.0. The number of amides is 1. The Hall–Kier alpha value is -3.24. The Morgan fingerprint density at radius 1 is 1.12 bits per heavy atom. The summed E-state index contributed by atoms with van der Waals surface area (Å²) in [5, 5.41) is 9.49. The summed E-state index contributed by atoms with van der Waals surface area (Å²) in [5.74, 6) is 0.659. The number of aryl methyl sites for hydroxylation is 1. The van der Waals surface area contributed by atoms with Crippen LogP contribution in [-0.2, 0) is 10.0 Å². The van der Waals surface area contributed by atoms with Gasteiger partial charge in [0.2, 0.25) is 16.0 Å². The van der Waals surface area contributed by atoms with Crippen molar-refractivity contribution in [2.75, 3.05) is 25.5 Å². The van der Waals surface area contributed by atoms with Crippen LogP contribution in [0.4, 0.5) is 5.95 Å². The molecule has 2 N–H and O–H groups in total. The van der Waals surface area contributed by atoms with Crippen LogP contribution in [0.25, 0.3) is 11.4 Å². The molecule has 3 aromatic rings. The van der Waals surface area contributed by atoms with E-state index in [0.717, 1.165) is 19.3 Å². The summed E-state index contributed by atoms with van der Waals surface area (Å²) in [6.07, 6.45) is 2.72. The molecule has 0 atom stereocenters. The van der Waals surface area contributed by atoms with E-state index >= 15 is 0 Å². The molecule has 2 aromatic carbocycles. The topological polar surface area (TPSA) is 117 Å². The third-order valence-corrected chi connectivity index (χ3v) is 7.37. The molecular formula is C22H25N5O4S. The SMILES string of the molecule is COc1ccccc1-c1nc(NC(=O)c2cc(S(=O)(=O)N3CCCCC3)ccc2C)n[nH]1. The minimum Gasteiger partial charge on any atom is -0.496 e. The van der Waals surface area contributed by atoms with E-state index in [2.05, 4.69) is 20.5 Å². The molecule has 0 aliphatic carbocycles. The second kappa shape index (κ2) is 9.09. The number of rotatable bonds is 6. The van der Waals surface area contributed by atoms with Gasteiger partial charge in [0.1, 0.15) is 5.75 Å². The van der Waals surface area contributed by atoms with Gasteiger partial charge in [0.25, 0.3) is 5.91 Å². The summed E-state index contributed by atoms with van der Waals surface area (Å²) >= 11 is 0. The van der Waals surface area contributed by atoms with E-state index in [4.69, 9.17) is 4.74 Å². The van der Waals surface area contributed by atoms with Crippen molar-refractivity contribution < 1.29 is 17.9 Å². The van der Waals surface area contributed by atoms with Crippen LogP contribution >= 0.6 is 0 Å². The molecule has 0 bridgehead atoms.